The number of rotatable bonds is 7. The van der Waals surface area contributed by atoms with Gasteiger partial charge in [-0.25, -0.2) is 0 Å². The fourth-order valence-electron chi connectivity index (χ4n) is 3.93. The Morgan fingerprint density at radius 2 is 1.84 bits per heavy atom. The number of ketones is 1. The number of hydrogen-bond donors (Lipinski definition) is 0. The molecular weight excluding hydrogens is 312 g/mol. The van der Waals surface area contributed by atoms with Gasteiger partial charge in [-0.3, -0.25) is 9.59 Å². The van der Waals surface area contributed by atoms with Crippen LogP contribution in [0.25, 0.3) is 0 Å². The molecule has 3 nitrogen and oxygen atoms in total. The van der Waals surface area contributed by atoms with Crippen LogP contribution in [-0.2, 0) is 9.53 Å². The minimum atomic E-state index is -0.683. The van der Waals surface area contributed by atoms with E-state index in [1.54, 1.807) is 12.1 Å². The average Bonchev–Trinajstić information content (AvgIpc) is 2.59. The second kappa shape index (κ2) is 9.17. The van der Waals surface area contributed by atoms with Gasteiger partial charge < -0.3 is 4.74 Å². The van der Waals surface area contributed by atoms with Gasteiger partial charge in [-0.15, -0.1) is 0 Å². The molecule has 138 valence electrons. The van der Waals surface area contributed by atoms with Crippen molar-refractivity contribution in [1.29, 1.82) is 0 Å². The first-order valence-electron chi connectivity index (χ1n) is 9.73. The Balaban J connectivity index is 2.12. The third-order valence-electron chi connectivity index (χ3n) is 5.47. The summed E-state index contributed by atoms with van der Waals surface area (Å²) in [7, 11) is 0. The highest BCUT2D eigenvalue weighted by Gasteiger charge is 2.36. The Kier molecular flexibility index (Phi) is 7.22. The van der Waals surface area contributed by atoms with E-state index in [9.17, 15) is 9.59 Å². The molecule has 4 unspecified atom stereocenters. The summed E-state index contributed by atoms with van der Waals surface area (Å²) < 4.78 is 5.93. The number of hydrogen-bond acceptors (Lipinski definition) is 3. The van der Waals surface area contributed by atoms with Gasteiger partial charge in [0.2, 0.25) is 0 Å². The summed E-state index contributed by atoms with van der Waals surface area (Å²) in [4.78, 5) is 25.6. The van der Waals surface area contributed by atoms with Crippen molar-refractivity contribution < 1.29 is 14.3 Å². The standard InChI is InChI=1S/C22H32O3/c1-5-9-19(21(23)17-10-7-6-8-11-17)22(24)25-20-14-16(4)12-13-18(20)15(2)3/h6-8,10-11,15-16,18-20H,5,9,12-14H2,1-4H3. The molecule has 0 N–H and O–H groups in total. The van der Waals surface area contributed by atoms with E-state index in [0.717, 1.165) is 19.3 Å². The molecule has 0 spiro atoms. The number of carbonyl (C=O) groups is 2. The van der Waals surface area contributed by atoms with E-state index in [1.807, 2.05) is 25.1 Å². The summed E-state index contributed by atoms with van der Waals surface area (Å²) in [5, 5.41) is 0. The van der Waals surface area contributed by atoms with Crippen molar-refractivity contribution in [3.63, 3.8) is 0 Å². The van der Waals surface area contributed by atoms with E-state index in [4.69, 9.17) is 4.74 Å². The zero-order valence-corrected chi connectivity index (χ0v) is 16.0. The molecule has 1 aromatic rings. The fourth-order valence-corrected chi connectivity index (χ4v) is 3.93. The summed E-state index contributed by atoms with van der Waals surface area (Å²) in [6.07, 6.45) is 4.47. The van der Waals surface area contributed by atoms with Crippen LogP contribution in [0, 0.1) is 23.7 Å². The van der Waals surface area contributed by atoms with Crippen LogP contribution >= 0.6 is 0 Å². The summed E-state index contributed by atoms with van der Waals surface area (Å²) >= 11 is 0. The molecule has 0 bridgehead atoms. The van der Waals surface area contributed by atoms with Crippen molar-refractivity contribution in [2.45, 2.75) is 65.9 Å². The highest BCUT2D eigenvalue weighted by Crippen LogP contribution is 2.36. The molecule has 1 aromatic carbocycles. The summed E-state index contributed by atoms with van der Waals surface area (Å²) in [6.45, 7) is 8.61. The molecule has 3 heteroatoms. The molecule has 1 saturated carbocycles. The SMILES string of the molecule is CCCC(C(=O)OC1CC(C)CCC1C(C)C)C(=O)c1ccccc1. The monoisotopic (exact) mass is 344 g/mol. The number of ether oxygens (including phenoxy) is 1. The van der Waals surface area contributed by atoms with Crippen LogP contribution in [0.3, 0.4) is 0 Å². The summed E-state index contributed by atoms with van der Waals surface area (Å²) in [5.74, 6) is 0.326. The third kappa shape index (κ3) is 5.17. The Bertz CT molecular complexity index is 564. The highest BCUT2D eigenvalue weighted by molar-refractivity contribution is 6.08. The van der Waals surface area contributed by atoms with Gasteiger partial charge in [0, 0.05) is 5.56 Å². The number of carbonyl (C=O) groups excluding carboxylic acids is 2. The Hall–Kier alpha value is -1.64. The van der Waals surface area contributed by atoms with E-state index in [2.05, 4.69) is 20.8 Å². The molecule has 0 heterocycles. The average molecular weight is 344 g/mol. The lowest BCUT2D eigenvalue weighted by molar-refractivity contribution is -0.159. The fraction of sp³-hybridized carbons (Fsp3) is 0.636. The quantitative estimate of drug-likeness (QED) is 0.383. The van der Waals surface area contributed by atoms with Gasteiger partial charge in [-0.05, 0) is 37.0 Å². The summed E-state index contributed by atoms with van der Waals surface area (Å²) in [5.41, 5.74) is 0.593. The highest BCUT2D eigenvalue weighted by atomic mass is 16.5. The van der Waals surface area contributed by atoms with E-state index >= 15 is 0 Å². The van der Waals surface area contributed by atoms with E-state index in [1.165, 1.54) is 6.42 Å². The molecule has 0 aromatic heterocycles. The minimum Gasteiger partial charge on any atom is -0.462 e. The molecule has 0 radical (unpaired) electrons. The van der Waals surface area contributed by atoms with Crippen LogP contribution < -0.4 is 0 Å². The predicted molar refractivity (Wildman–Crippen MR) is 100 cm³/mol. The van der Waals surface area contributed by atoms with Gasteiger partial charge in [0.05, 0.1) is 0 Å². The van der Waals surface area contributed by atoms with E-state index in [-0.39, 0.29) is 17.9 Å². The lowest BCUT2D eigenvalue weighted by atomic mass is 9.75. The maximum Gasteiger partial charge on any atom is 0.317 e. The van der Waals surface area contributed by atoms with Gasteiger partial charge in [0.15, 0.2) is 5.78 Å². The summed E-state index contributed by atoms with van der Waals surface area (Å²) in [6, 6.07) is 9.09. The normalized spacial score (nSPS) is 24.8. The first-order valence-corrected chi connectivity index (χ1v) is 9.73. The number of benzene rings is 1. The molecule has 1 fully saturated rings. The van der Waals surface area contributed by atoms with Crippen LogP contribution in [0.4, 0.5) is 0 Å². The molecule has 0 amide bonds. The lowest BCUT2D eigenvalue weighted by Gasteiger charge is -2.37. The molecule has 0 aliphatic heterocycles. The molecule has 1 aliphatic carbocycles. The van der Waals surface area contributed by atoms with Gasteiger partial charge in [-0.2, -0.15) is 0 Å². The van der Waals surface area contributed by atoms with Crippen molar-refractivity contribution in [3.05, 3.63) is 35.9 Å². The topological polar surface area (TPSA) is 43.4 Å². The molecule has 4 atom stereocenters. The zero-order valence-electron chi connectivity index (χ0n) is 16.0. The van der Waals surface area contributed by atoms with Crippen LogP contribution in [0.2, 0.25) is 0 Å². The van der Waals surface area contributed by atoms with Gasteiger partial charge >= 0.3 is 5.97 Å². The Morgan fingerprint density at radius 1 is 1.16 bits per heavy atom. The molecule has 2 rings (SSSR count). The second-order valence-electron chi connectivity index (χ2n) is 7.87. The molecule has 25 heavy (non-hydrogen) atoms. The van der Waals surface area contributed by atoms with Gasteiger partial charge in [0.25, 0.3) is 0 Å². The molecule has 1 aliphatic rings. The lowest BCUT2D eigenvalue weighted by Crippen LogP contribution is -2.38. The Morgan fingerprint density at radius 3 is 2.44 bits per heavy atom. The van der Waals surface area contributed by atoms with Gasteiger partial charge in [-0.1, -0.05) is 70.9 Å². The van der Waals surface area contributed by atoms with Crippen LogP contribution in [0.1, 0.15) is 70.2 Å². The van der Waals surface area contributed by atoms with Crippen molar-refractivity contribution in [2.75, 3.05) is 0 Å². The molecular formula is C22H32O3. The largest absolute Gasteiger partial charge is 0.462 e. The number of Topliss-reactive ketones (excluding diaryl/α,β-unsaturated/α-hetero) is 1. The van der Waals surface area contributed by atoms with Crippen LogP contribution in [-0.4, -0.2) is 17.9 Å². The third-order valence-corrected chi connectivity index (χ3v) is 5.47. The van der Waals surface area contributed by atoms with Crippen molar-refractivity contribution in [2.24, 2.45) is 23.7 Å². The van der Waals surface area contributed by atoms with Crippen LogP contribution in [0.15, 0.2) is 30.3 Å². The smallest absolute Gasteiger partial charge is 0.317 e. The number of esters is 1. The first-order chi connectivity index (χ1) is 11.9. The first kappa shape index (κ1) is 19.7. The van der Waals surface area contributed by atoms with E-state index < -0.39 is 5.92 Å². The molecule has 0 saturated heterocycles. The van der Waals surface area contributed by atoms with Crippen molar-refractivity contribution in [3.8, 4) is 0 Å². The minimum absolute atomic E-state index is 0.0563. The Labute approximate surface area is 152 Å². The zero-order chi connectivity index (χ0) is 18.4. The van der Waals surface area contributed by atoms with Crippen molar-refractivity contribution >= 4 is 11.8 Å². The van der Waals surface area contributed by atoms with Gasteiger partial charge in [0.1, 0.15) is 12.0 Å². The maximum atomic E-state index is 12.8. The second-order valence-corrected chi connectivity index (χ2v) is 7.87. The van der Waals surface area contributed by atoms with Crippen molar-refractivity contribution in [1.82, 2.24) is 0 Å². The predicted octanol–water partition coefficient (Wildman–Crippen LogP) is 5.29. The van der Waals surface area contributed by atoms with E-state index in [0.29, 0.717) is 29.7 Å². The maximum absolute atomic E-state index is 12.8. The van der Waals surface area contributed by atoms with Crippen LogP contribution in [0.5, 0.6) is 0 Å².